The molecule has 0 saturated heterocycles. The SMILES string of the molecule is CC(Cc1c(F)cccc1F)C(C)NC1CC1. The van der Waals surface area contributed by atoms with Crippen molar-refractivity contribution in [1.82, 2.24) is 5.32 Å². The molecule has 1 aliphatic carbocycles. The van der Waals surface area contributed by atoms with Crippen molar-refractivity contribution >= 4 is 0 Å². The number of halogens is 2. The fourth-order valence-electron chi connectivity index (χ4n) is 2.01. The minimum atomic E-state index is -0.435. The van der Waals surface area contributed by atoms with E-state index in [1.165, 1.54) is 31.0 Å². The van der Waals surface area contributed by atoms with Crippen LogP contribution in [0.1, 0.15) is 32.3 Å². The Bertz CT molecular complexity index is 368. The molecule has 2 rings (SSSR count). The highest BCUT2D eigenvalue weighted by Gasteiger charge is 2.25. The second-order valence-electron chi connectivity index (χ2n) is 5.11. The van der Waals surface area contributed by atoms with Crippen molar-refractivity contribution in [2.75, 3.05) is 0 Å². The van der Waals surface area contributed by atoms with Crippen molar-refractivity contribution < 1.29 is 8.78 Å². The first kappa shape index (κ1) is 12.5. The van der Waals surface area contributed by atoms with Crippen LogP contribution in [0.5, 0.6) is 0 Å². The van der Waals surface area contributed by atoms with Gasteiger partial charge in [-0.2, -0.15) is 0 Å². The van der Waals surface area contributed by atoms with Crippen LogP contribution in [0, 0.1) is 17.6 Å². The van der Waals surface area contributed by atoms with Gasteiger partial charge in [-0.25, -0.2) is 8.78 Å². The number of rotatable bonds is 5. The predicted octanol–water partition coefficient (Wildman–Crippen LogP) is 3.28. The van der Waals surface area contributed by atoms with Crippen molar-refractivity contribution in [1.29, 1.82) is 0 Å². The van der Waals surface area contributed by atoms with Crippen LogP contribution in [0.2, 0.25) is 0 Å². The van der Waals surface area contributed by atoms with Gasteiger partial charge in [-0.1, -0.05) is 13.0 Å². The van der Waals surface area contributed by atoms with Gasteiger partial charge in [-0.15, -0.1) is 0 Å². The van der Waals surface area contributed by atoms with E-state index < -0.39 is 11.6 Å². The summed E-state index contributed by atoms with van der Waals surface area (Å²) in [5, 5.41) is 3.47. The Labute approximate surface area is 101 Å². The van der Waals surface area contributed by atoms with E-state index in [2.05, 4.69) is 12.2 Å². The molecule has 1 aromatic rings. The lowest BCUT2D eigenvalue weighted by atomic mass is 9.94. The fourth-order valence-corrected chi connectivity index (χ4v) is 2.01. The Morgan fingerprint density at radius 1 is 1.24 bits per heavy atom. The van der Waals surface area contributed by atoms with E-state index in [9.17, 15) is 8.78 Å². The molecule has 0 amide bonds. The third-order valence-corrected chi connectivity index (χ3v) is 3.52. The van der Waals surface area contributed by atoms with Gasteiger partial charge in [-0.05, 0) is 44.2 Å². The molecule has 0 heterocycles. The average molecular weight is 239 g/mol. The van der Waals surface area contributed by atoms with Crippen LogP contribution in [0.4, 0.5) is 8.78 Å². The van der Waals surface area contributed by atoms with E-state index in [1.807, 2.05) is 6.92 Å². The number of benzene rings is 1. The smallest absolute Gasteiger partial charge is 0.129 e. The molecule has 0 aliphatic heterocycles. The molecule has 0 spiro atoms. The Morgan fingerprint density at radius 3 is 2.35 bits per heavy atom. The lowest BCUT2D eigenvalue weighted by Crippen LogP contribution is -2.34. The molecule has 2 unspecified atom stereocenters. The Kier molecular flexibility index (Phi) is 3.77. The van der Waals surface area contributed by atoms with Crippen LogP contribution in [0.25, 0.3) is 0 Å². The summed E-state index contributed by atoms with van der Waals surface area (Å²) < 4.78 is 27.0. The molecule has 0 bridgehead atoms. The van der Waals surface area contributed by atoms with Crippen molar-refractivity contribution in [2.45, 2.75) is 45.2 Å². The van der Waals surface area contributed by atoms with E-state index in [4.69, 9.17) is 0 Å². The van der Waals surface area contributed by atoms with Gasteiger partial charge < -0.3 is 5.32 Å². The third-order valence-electron chi connectivity index (χ3n) is 3.52. The third kappa shape index (κ3) is 3.25. The van der Waals surface area contributed by atoms with Gasteiger partial charge >= 0.3 is 0 Å². The first-order valence-corrected chi connectivity index (χ1v) is 6.27. The highest BCUT2D eigenvalue weighted by Crippen LogP contribution is 2.23. The van der Waals surface area contributed by atoms with Crippen LogP contribution in [-0.2, 0) is 6.42 Å². The van der Waals surface area contributed by atoms with Gasteiger partial charge in [0.1, 0.15) is 11.6 Å². The monoisotopic (exact) mass is 239 g/mol. The van der Waals surface area contributed by atoms with Crippen molar-refractivity contribution in [2.24, 2.45) is 5.92 Å². The zero-order chi connectivity index (χ0) is 12.4. The maximum Gasteiger partial charge on any atom is 0.129 e. The van der Waals surface area contributed by atoms with E-state index in [0.29, 0.717) is 18.5 Å². The highest BCUT2D eigenvalue weighted by atomic mass is 19.1. The summed E-state index contributed by atoms with van der Waals surface area (Å²) >= 11 is 0. The minimum Gasteiger partial charge on any atom is -0.311 e. The van der Waals surface area contributed by atoms with Gasteiger partial charge in [0.2, 0.25) is 0 Å². The molecule has 3 heteroatoms. The zero-order valence-corrected chi connectivity index (χ0v) is 10.3. The van der Waals surface area contributed by atoms with Crippen molar-refractivity contribution in [3.8, 4) is 0 Å². The van der Waals surface area contributed by atoms with Crippen LogP contribution < -0.4 is 5.32 Å². The summed E-state index contributed by atoms with van der Waals surface area (Å²) in [5.41, 5.74) is 0.212. The van der Waals surface area contributed by atoms with E-state index in [0.717, 1.165) is 0 Å². The Hall–Kier alpha value is -0.960. The molecule has 17 heavy (non-hydrogen) atoms. The summed E-state index contributed by atoms with van der Waals surface area (Å²) in [6.07, 6.45) is 2.90. The molecular weight excluding hydrogens is 220 g/mol. The Morgan fingerprint density at radius 2 is 1.82 bits per heavy atom. The summed E-state index contributed by atoms with van der Waals surface area (Å²) in [6.45, 7) is 4.12. The quantitative estimate of drug-likeness (QED) is 0.831. The minimum absolute atomic E-state index is 0.212. The summed E-state index contributed by atoms with van der Waals surface area (Å²) in [6, 6.07) is 4.97. The van der Waals surface area contributed by atoms with Crippen molar-refractivity contribution in [3.63, 3.8) is 0 Å². The molecule has 94 valence electrons. The van der Waals surface area contributed by atoms with Gasteiger partial charge in [-0.3, -0.25) is 0 Å². The Balaban J connectivity index is 1.98. The number of hydrogen-bond donors (Lipinski definition) is 1. The molecule has 1 saturated carbocycles. The number of hydrogen-bond acceptors (Lipinski definition) is 1. The summed E-state index contributed by atoms with van der Waals surface area (Å²) in [5.74, 6) is -0.645. The maximum absolute atomic E-state index is 13.5. The topological polar surface area (TPSA) is 12.0 Å². The second kappa shape index (κ2) is 5.13. The predicted molar refractivity (Wildman–Crippen MR) is 64.8 cm³/mol. The molecule has 1 nitrogen and oxygen atoms in total. The molecule has 1 aliphatic rings. The van der Waals surface area contributed by atoms with Crippen LogP contribution in [0.3, 0.4) is 0 Å². The lowest BCUT2D eigenvalue weighted by molar-refractivity contribution is 0.385. The van der Waals surface area contributed by atoms with Crippen LogP contribution in [0.15, 0.2) is 18.2 Å². The van der Waals surface area contributed by atoms with Gasteiger partial charge in [0.25, 0.3) is 0 Å². The average Bonchev–Trinajstić information content (AvgIpc) is 3.07. The second-order valence-corrected chi connectivity index (χ2v) is 5.11. The first-order chi connectivity index (χ1) is 8.08. The maximum atomic E-state index is 13.5. The molecule has 0 aromatic heterocycles. The summed E-state index contributed by atoms with van der Waals surface area (Å²) in [7, 11) is 0. The normalized spacial score (nSPS) is 19.1. The molecule has 0 radical (unpaired) electrons. The van der Waals surface area contributed by atoms with E-state index >= 15 is 0 Å². The van der Waals surface area contributed by atoms with Crippen LogP contribution in [-0.4, -0.2) is 12.1 Å². The highest BCUT2D eigenvalue weighted by molar-refractivity contribution is 5.20. The molecule has 1 aromatic carbocycles. The lowest BCUT2D eigenvalue weighted by Gasteiger charge is -2.21. The van der Waals surface area contributed by atoms with Gasteiger partial charge in [0.15, 0.2) is 0 Å². The number of nitrogens with one attached hydrogen (secondary N) is 1. The van der Waals surface area contributed by atoms with Crippen molar-refractivity contribution in [3.05, 3.63) is 35.4 Å². The van der Waals surface area contributed by atoms with Gasteiger partial charge in [0.05, 0.1) is 0 Å². The largest absolute Gasteiger partial charge is 0.311 e. The van der Waals surface area contributed by atoms with E-state index in [1.54, 1.807) is 0 Å². The summed E-state index contributed by atoms with van der Waals surface area (Å²) in [4.78, 5) is 0. The molecule has 2 atom stereocenters. The fraction of sp³-hybridized carbons (Fsp3) is 0.571. The van der Waals surface area contributed by atoms with E-state index in [-0.39, 0.29) is 11.5 Å². The van der Waals surface area contributed by atoms with Gasteiger partial charge in [0, 0.05) is 17.6 Å². The van der Waals surface area contributed by atoms with Crippen LogP contribution >= 0.6 is 0 Å². The first-order valence-electron chi connectivity index (χ1n) is 6.27. The zero-order valence-electron chi connectivity index (χ0n) is 10.3. The molecule has 1 fully saturated rings. The molecule has 1 N–H and O–H groups in total. The molecular formula is C14H19F2N. The standard InChI is InChI=1S/C14H19F2N/c1-9(10(2)17-11-6-7-11)8-12-13(15)4-3-5-14(12)16/h3-5,9-11,17H,6-8H2,1-2H3.